The Balaban J connectivity index is 2.87. The summed E-state index contributed by atoms with van der Waals surface area (Å²) in [5.41, 5.74) is 0.456. The molecule has 0 atom stereocenters. The summed E-state index contributed by atoms with van der Waals surface area (Å²) in [4.78, 5) is 3.11. The standard InChI is InChI=1S/C10H6FN2/c11-8-4-5-9-7(6-8)2-1-3-10(9)13-12/h1-6H/q+1. The average molecular weight is 173 g/mol. The molecular formula is C10H6FN2+. The van der Waals surface area contributed by atoms with E-state index in [1.807, 2.05) is 0 Å². The van der Waals surface area contributed by atoms with Crippen molar-refractivity contribution in [3.05, 3.63) is 47.2 Å². The normalized spacial score (nSPS) is 9.85. The highest BCUT2D eigenvalue weighted by atomic mass is 19.1. The van der Waals surface area contributed by atoms with Gasteiger partial charge in [0.1, 0.15) is 5.82 Å². The van der Waals surface area contributed by atoms with Gasteiger partial charge in [0.25, 0.3) is 0 Å². The van der Waals surface area contributed by atoms with Crippen molar-refractivity contribution in [1.29, 1.82) is 5.39 Å². The van der Waals surface area contributed by atoms with Crippen molar-refractivity contribution in [2.24, 2.45) is 0 Å². The van der Waals surface area contributed by atoms with Crippen molar-refractivity contribution in [3.63, 3.8) is 0 Å². The van der Waals surface area contributed by atoms with Gasteiger partial charge >= 0.3 is 5.69 Å². The Hall–Kier alpha value is -1.95. The highest BCUT2D eigenvalue weighted by Gasteiger charge is 2.09. The quantitative estimate of drug-likeness (QED) is 0.560. The molecule has 0 radical (unpaired) electrons. The maximum atomic E-state index is 12.8. The molecule has 0 aromatic heterocycles. The molecule has 2 rings (SSSR count). The number of nitrogens with zero attached hydrogens (tertiary/aromatic N) is 2. The number of hydrogen-bond acceptors (Lipinski definition) is 1. The lowest BCUT2D eigenvalue weighted by Gasteiger charge is -1.92. The first kappa shape index (κ1) is 7.69. The van der Waals surface area contributed by atoms with Crippen LogP contribution >= 0.6 is 0 Å². The molecule has 3 heteroatoms. The first-order chi connectivity index (χ1) is 6.31. The highest BCUT2D eigenvalue weighted by molar-refractivity contribution is 5.94. The lowest BCUT2D eigenvalue weighted by molar-refractivity contribution is 0.630. The molecule has 2 aromatic rings. The first-order valence-electron chi connectivity index (χ1n) is 3.84. The smallest absolute Gasteiger partial charge is 0.207 e. The Bertz CT molecular complexity index is 500. The van der Waals surface area contributed by atoms with Gasteiger partial charge in [0.15, 0.2) is 4.98 Å². The molecule has 0 bridgehead atoms. The van der Waals surface area contributed by atoms with Gasteiger partial charge in [-0.2, -0.15) is 0 Å². The van der Waals surface area contributed by atoms with Crippen molar-refractivity contribution in [2.45, 2.75) is 0 Å². The molecule has 62 valence electrons. The number of hydrogen-bond donors (Lipinski definition) is 0. The lowest BCUT2D eigenvalue weighted by atomic mass is 10.1. The van der Waals surface area contributed by atoms with E-state index in [-0.39, 0.29) is 5.82 Å². The number of diazo groups is 1. The van der Waals surface area contributed by atoms with Crippen LogP contribution in [0.5, 0.6) is 0 Å². The largest absolute Gasteiger partial charge is 0.392 e. The number of halogens is 1. The molecule has 0 fully saturated rings. The van der Waals surface area contributed by atoms with Gasteiger partial charge in [0.2, 0.25) is 5.39 Å². The zero-order valence-electron chi connectivity index (χ0n) is 6.74. The number of rotatable bonds is 0. The van der Waals surface area contributed by atoms with Crippen LogP contribution in [0.25, 0.3) is 15.7 Å². The third-order valence-corrected chi connectivity index (χ3v) is 1.93. The minimum absolute atomic E-state index is 0.289. The molecule has 0 saturated carbocycles. The van der Waals surface area contributed by atoms with Crippen LogP contribution in [0.1, 0.15) is 0 Å². The Labute approximate surface area is 74.2 Å². The Morgan fingerprint density at radius 2 is 2.00 bits per heavy atom. The molecule has 13 heavy (non-hydrogen) atoms. The maximum absolute atomic E-state index is 12.8. The van der Waals surface area contributed by atoms with Gasteiger partial charge in [0.05, 0.1) is 5.39 Å². The zero-order chi connectivity index (χ0) is 9.26. The summed E-state index contributed by atoms with van der Waals surface area (Å²) in [6.45, 7) is 0. The first-order valence-corrected chi connectivity index (χ1v) is 3.84. The van der Waals surface area contributed by atoms with E-state index in [4.69, 9.17) is 5.39 Å². The van der Waals surface area contributed by atoms with Gasteiger partial charge in [-0.05, 0) is 23.6 Å². The van der Waals surface area contributed by atoms with E-state index in [0.717, 1.165) is 10.8 Å². The highest BCUT2D eigenvalue weighted by Crippen LogP contribution is 2.25. The molecule has 0 aliphatic heterocycles. The van der Waals surface area contributed by atoms with Gasteiger partial charge in [0, 0.05) is 6.07 Å². The van der Waals surface area contributed by atoms with E-state index in [2.05, 4.69) is 4.98 Å². The van der Waals surface area contributed by atoms with E-state index in [9.17, 15) is 4.39 Å². The molecule has 0 amide bonds. The van der Waals surface area contributed by atoms with E-state index in [1.54, 1.807) is 24.3 Å². The molecule has 2 aromatic carbocycles. The Morgan fingerprint density at radius 1 is 1.15 bits per heavy atom. The van der Waals surface area contributed by atoms with Crippen LogP contribution in [-0.4, -0.2) is 0 Å². The van der Waals surface area contributed by atoms with Crippen LogP contribution in [-0.2, 0) is 0 Å². The van der Waals surface area contributed by atoms with E-state index >= 15 is 0 Å². The van der Waals surface area contributed by atoms with Crippen molar-refractivity contribution >= 4 is 16.5 Å². The monoisotopic (exact) mass is 173 g/mol. The number of benzene rings is 2. The third kappa shape index (κ3) is 1.23. The molecule has 0 heterocycles. The van der Waals surface area contributed by atoms with E-state index < -0.39 is 0 Å². The van der Waals surface area contributed by atoms with E-state index in [0.29, 0.717) is 5.69 Å². The SMILES string of the molecule is N#[N+]c1cccc2cc(F)ccc12. The van der Waals surface area contributed by atoms with Crippen LogP contribution in [0.15, 0.2) is 36.4 Å². The summed E-state index contributed by atoms with van der Waals surface area (Å²) < 4.78 is 12.8. The fourth-order valence-electron chi connectivity index (χ4n) is 1.32. The fourth-order valence-corrected chi connectivity index (χ4v) is 1.32. The Kier molecular flexibility index (Phi) is 1.67. The minimum Gasteiger partial charge on any atom is -0.207 e. The molecule has 0 aliphatic rings. The molecule has 0 spiro atoms. The van der Waals surface area contributed by atoms with Crippen LogP contribution in [0.3, 0.4) is 0 Å². The van der Waals surface area contributed by atoms with Crippen LogP contribution < -0.4 is 0 Å². The fraction of sp³-hybridized carbons (Fsp3) is 0. The molecule has 0 saturated heterocycles. The summed E-state index contributed by atoms with van der Waals surface area (Å²) in [6, 6.07) is 9.50. The summed E-state index contributed by atoms with van der Waals surface area (Å²) >= 11 is 0. The predicted molar refractivity (Wildman–Crippen MR) is 48.7 cm³/mol. The maximum Gasteiger partial charge on any atom is 0.392 e. The summed E-state index contributed by atoms with van der Waals surface area (Å²) in [5.74, 6) is -0.289. The van der Waals surface area contributed by atoms with Crippen molar-refractivity contribution in [2.75, 3.05) is 0 Å². The Morgan fingerprint density at radius 3 is 2.77 bits per heavy atom. The topological polar surface area (TPSA) is 28.1 Å². The summed E-state index contributed by atoms with van der Waals surface area (Å²) in [7, 11) is 0. The summed E-state index contributed by atoms with van der Waals surface area (Å²) in [6.07, 6.45) is 0. The molecule has 0 N–H and O–H groups in total. The van der Waals surface area contributed by atoms with Gasteiger partial charge < -0.3 is 0 Å². The molecular weight excluding hydrogens is 167 g/mol. The van der Waals surface area contributed by atoms with Crippen LogP contribution in [0, 0.1) is 11.2 Å². The van der Waals surface area contributed by atoms with Gasteiger partial charge in [-0.3, -0.25) is 0 Å². The number of fused-ring (bicyclic) bond motifs is 1. The molecule has 0 unspecified atom stereocenters. The molecule has 2 nitrogen and oxygen atoms in total. The lowest BCUT2D eigenvalue weighted by Crippen LogP contribution is -1.75. The van der Waals surface area contributed by atoms with Gasteiger partial charge in [-0.25, -0.2) is 4.39 Å². The van der Waals surface area contributed by atoms with E-state index in [1.165, 1.54) is 12.1 Å². The van der Waals surface area contributed by atoms with Crippen molar-refractivity contribution in [3.8, 4) is 0 Å². The second-order valence-electron chi connectivity index (χ2n) is 2.74. The van der Waals surface area contributed by atoms with Crippen molar-refractivity contribution < 1.29 is 4.39 Å². The van der Waals surface area contributed by atoms with Crippen LogP contribution in [0.2, 0.25) is 0 Å². The molecule has 0 aliphatic carbocycles. The predicted octanol–water partition coefficient (Wildman–Crippen LogP) is 3.46. The van der Waals surface area contributed by atoms with Crippen molar-refractivity contribution in [1.82, 2.24) is 0 Å². The van der Waals surface area contributed by atoms with Gasteiger partial charge in [-0.15, -0.1) is 0 Å². The third-order valence-electron chi connectivity index (χ3n) is 1.93. The van der Waals surface area contributed by atoms with Gasteiger partial charge in [-0.1, -0.05) is 12.1 Å². The summed E-state index contributed by atoms with van der Waals surface area (Å²) in [5, 5.41) is 10.1. The second kappa shape index (κ2) is 2.83. The minimum atomic E-state index is -0.289. The average Bonchev–Trinajstić information content (AvgIpc) is 2.16. The van der Waals surface area contributed by atoms with Crippen LogP contribution in [0.4, 0.5) is 10.1 Å². The second-order valence-corrected chi connectivity index (χ2v) is 2.74. The zero-order valence-corrected chi connectivity index (χ0v) is 6.74.